The number of nitrogens with zero attached hydrogens (tertiary/aromatic N) is 3. The maximum atomic E-state index is 13.0. The molecule has 0 unspecified atom stereocenters. The Morgan fingerprint density at radius 3 is 2.10 bits per heavy atom. The summed E-state index contributed by atoms with van der Waals surface area (Å²) in [4.78, 5) is 27.1. The van der Waals surface area contributed by atoms with E-state index in [4.69, 9.17) is 10.5 Å². The van der Waals surface area contributed by atoms with Crippen molar-refractivity contribution in [1.82, 2.24) is 0 Å². The number of hydrogen-bond acceptors (Lipinski definition) is 4. The van der Waals surface area contributed by atoms with Crippen molar-refractivity contribution in [1.29, 1.82) is 10.5 Å². The molecule has 0 aliphatic heterocycles. The van der Waals surface area contributed by atoms with Gasteiger partial charge in [-0.1, -0.05) is 18.2 Å². The monoisotopic (exact) mass is 394 g/mol. The van der Waals surface area contributed by atoms with Crippen LogP contribution in [-0.4, -0.2) is 18.4 Å². The first-order valence-electron chi connectivity index (χ1n) is 9.29. The molecule has 146 valence electrons. The molecule has 2 amide bonds. The van der Waals surface area contributed by atoms with Crippen molar-refractivity contribution >= 4 is 23.2 Å². The van der Waals surface area contributed by atoms with Gasteiger partial charge in [0.1, 0.15) is 0 Å². The average Bonchev–Trinajstić information content (AvgIpc) is 2.79. The minimum Gasteiger partial charge on any atom is -0.322 e. The molecule has 0 saturated carbocycles. The summed E-state index contributed by atoms with van der Waals surface area (Å²) in [7, 11) is 0. The number of carbonyl (C=O) groups is 2. The Bertz CT molecular complexity index is 1190. The summed E-state index contributed by atoms with van der Waals surface area (Å²) in [6.07, 6.45) is 0. The quantitative estimate of drug-likeness (QED) is 0.696. The van der Waals surface area contributed by atoms with Crippen LogP contribution in [0, 0.1) is 22.7 Å². The second-order valence-electron chi connectivity index (χ2n) is 6.44. The van der Waals surface area contributed by atoms with E-state index in [1.165, 1.54) is 6.07 Å². The first kappa shape index (κ1) is 20.3. The van der Waals surface area contributed by atoms with Gasteiger partial charge in [-0.3, -0.25) is 9.59 Å². The fourth-order valence-electron chi connectivity index (χ4n) is 3.01. The highest BCUT2D eigenvalue weighted by atomic mass is 16.2. The van der Waals surface area contributed by atoms with Gasteiger partial charge in [-0.15, -0.1) is 0 Å². The van der Waals surface area contributed by atoms with Crippen LogP contribution in [-0.2, 0) is 0 Å². The molecule has 1 N–H and O–H groups in total. The summed E-state index contributed by atoms with van der Waals surface area (Å²) in [6, 6.07) is 24.0. The maximum absolute atomic E-state index is 13.0. The average molecular weight is 394 g/mol. The van der Waals surface area contributed by atoms with Crippen LogP contribution in [0.1, 0.15) is 38.8 Å². The molecule has 3 aromatic rings. The minimum absolute atomic E-state index is 0.236. The minimum atomic E-state index is -0.347. The van der Waals surface area contributed by atoms with Gasteiger partial charge in [0.25, 0.3) is 11.8 Å². The Morgan fingerprint density at radius 2 is 1.47 bits per heavy atom. The van der Waals surface area contributed by atoms with Crippen LogP contribution < -0.4 is 10.2 Å². The number of nitriles is 2. The smallest absolute Gasteiger partial charge is 0.258 e. The summed E-state index contributed by atoms with van der Waals surface area (Å²) >= 11 is 0. The Morgan fingerprint density at radius 1 is 0.867 bits per heavy atom. The van der Waals surface area contributed by atoms with E-state index in [-0.39, 0.29) is 11.8 Å². The fraction of sp³-hybridized carbons (Fsp3) is 0.0833. The first-order chi connectivity index (χ1) is 14.5. The lowest BCUT2D eigenvalue weighted by atomic mass is 10.1. The molecule has 0 saturated heterocycles. The summed E-state index contributed by atoms with van der Waals surface area (Å²) in [5.41, 5.74) is 2.75. The largest absolute Gasteiger partial charge is 0.322 e. The van der Waals surface area contributed by atoms with Gasteiger partial charge in [-0.05, 0) is 61.5 Å². The van der Waals surface area contributed by atoms with Crippen LogP contribution in [0.3, 0.4) is 0 Å². The van der Waals surface area contributed by atoms with Gasteiger partial charge in [-0.25, -0.2) is 0 Å². The third kappa shape index (κ3) is 4.52. The number of hydrogen-bond donors (Lipinski definition) is 1. The number of amides is 2. The molecule has 0 aliphatic carbocycles. The van der Waals surface area contributed by atoms with Crippen LogP contribution in [0.25, 0.3) is 0 Å². The van der Waals surface area contributed by atoms with Gasteiger partial charge in [0.15, 0.2) is 0 Å². The van der Waals surface area contributed by atoms with Crippen molar-refractivity contribution in [2.45, 2.75) is 6.92 Å². The standard InChI is InChI=1S/C24H18N4O2/c1-2-28(24(30)20-9-4-7-18(13-20)16-26)22-11-5-10-21(14-22)27-23(29)19-8-3-6-17(12-19)15-25/h3-14H,2H2,1H3,(H,27,29). The Labute approximate surface area is 174 Å². The van der Waals surface area contributed by atoms with E-state index in [9.17, 15) is 9.59 Å². The number of carbonyl (C=O) groups excluding carboxylic acids is 2. The first-order valence-corrected chi connectivity index (χ1v) is 9.29. The predicted molar refractivity (Wildman–Crippen MR) is 114 cm³/mol. The topological polar surface area (TPSA) is 97.0 Å². The molecular weight excluding hydrogens is 376 g/mol. The molecule has 0 aromatic heterocycles. The van der Waals surface area contributed by atoms with Gasteiger partial charge in [-0.2, -0.15) is 10.5 Å². The molecule has 0 radical (unpaired) electrons. The second-order valence-corrected chi connectivity index (χ2v) is 6.44. The van der Waals surface area contributed by atoms with Gasteiger partial charge in [0, 0.05) is 29.0 Å². The van der Waals surface area contributed by atoms with Crippen molar-refractivity contribution in [2.75, 3.05) is 16.8 Å². The highest BCUT2D eigenvalue weighted by molar-refractivity contribution is 6.07. The van der Waals surface area contributed by atoms with Gasteiger partial charge in [0.2, 0.25) is 0 Å². The molecule has 6 heteroatoms. The Hall–Kier alpha value is -4.42. The molecule has 0 heterocycles. The third-order valence-corrected chi connectivity index (χ3v) is 4.47. The van der Waals surface area contributed by atoms with Crippen LogP contribution >= 0.6 is 0 Å². The molecule has 3 rings (SSSR count). The lowest BCUT2D eigenvalue weighted by Gasteiger charge is -2.22. The highest BCUT2D eigenvalue weighted by Crippen LogP contribution is 2.22. The van der Waals surface area contributed by atoms with Gasteiger partial charge >= 0.3 is 0 Å². The zero-order chi connectivity index (χ0) is 21.5. The highest BCUT2D eigenvalue weighted by Gasteiger charge is 2.17. The molecule has 6 nitrogen and oxygen atoms in total. The summed E-state index contributed by atoms with van der Waals surface area (Å²) in [6.45, 7) is 2.27. The van der Waals surface area contributed by atoms with E-state index in [0.29, 0.717) is 40.2 Å². The van der Waals surface area contributed by atoms with Gasteiger partial charge < -0.3 is 10.2 Å². The zero-order valence-corrected chi connectivity index (χ0v) is 16.3. The van der Waals surface area contributed by atoms with E-state index in [1.807, 2.05) is 19.1 Å². The number of rotatable bonds is 5. The lowest BCUT2D eigenvalue weighted by Crippen LogP contribution is -2.30. The number of anilines is 2. The van der Waals surface area contributed by atoms with E-state index in [0.717, 1.165) is 0 Å². The molecule has 0 bridgehead atoms. The van der Waals surface area contributed by atoms with E-state index in [2.05, 4.69) is 5.32 Å². The molecular formula is C24H18N4O2. The maximum Gasteiger partial charge on any atom is 0.258 e. The number of benzene rings is 3. The summed E-state index contributed by atoms with van der Waals surface area (Å²) < 4.78 is 0. The Kier molecular flexibility index (Phi) is 6.22. The van der Waals surface area contributed by atoms with Crippen LogP contribution in [0.2, 0.25) is 0 Å². The molecule has 0 spiro atoms. The predicted octanol–water partition coefficient (Wildman–Crippen LogP) is 4.35. The lowest BCUT2D eigenvalue weighted by molar-refractivity contribution is 0.0987. The normalized spacial score (nSPS) is 9.83. The van der Waals surface area contributed by atoms with Crippen molar-refractivity contribution in [3.8, 4) is 12.1 Å². The van der Waals surface area contributed by atoms with E-state index in [1.54, 1.807) is 71.6 Å². The Balaban J connectivity index is 1.84. The number of nitrogens with one attached hydrogen (secondary N) is 1. The third-order valence-electron chi connectivity index (χ3n) is 4.47. The SMILES string of the molecule is CCN(C(=O)c1cccc(C#N)c1)c1cccc(NC(=O)c2cccc(C#N)c2)c1. The van der Waals surface area contributed by atoms with Crippen LogP contribution in [0.5, 0.6) is 0 Å². The fourth-order valence-corrected chi connectivity index (χ4v) is 3.01. The van der Waals surface area contributed by atoms with E-state index >= 15 is 0 Å². The molecule has 0 aliphatic rings. The molecule has 0 atom stereocenters. The van der Waals surface area contributed by atoms with Crippen molar-refractivity contribution < 1.29 is 9.59 Å². The van der Waals surface area contributed by atoms with Crippen molar-refractivity contribution in [2.24, 2.45) is 0 Å². The van der Waals surface area contributed by atoms with E-state index < -0.39 is 0 Å². The second kappa shape index (κ2) is 9.18. The molecule has 3 aromatic carbocycles. The molecule has 0 fully saturated rings. The summed E-state index contributed by atoms with van der Waals surface area (Å²) in [5.74, 6) is -0.583. The van der Waals surface area contributed by atoms with Crippen molar-refractivity contribution in [3.63, 3.8) is 0 Å². The van der Waals surface area contributed by atoms with Gasteiger partial charge in [0.05, 0.1) is 23.3 Å². The zero-order valence-electron chi connectivity index (χ0n) is 16.3. The summed E-state index contributed by atoms with van der Waals surface area (Å²) in [5, 5.41) is 20.9. The molecule has 30 heavy (non-hydrogen) atoms. The van der Waals surface area contributed by atoms with Crippen LogP contribution in [0.4, 0.5) is 11.4 Å². The van der Waals surface area contributed by atoms with Crippen LogP contribution in [0.15, 0.2) is 72.8 Å². The van der Waals surface area contributed by atoms with Crippen molar-refractivity contribution in [3.05, 3.63) is 95.1 Å².